The van der Waals surface area contributed by atoms with Crippen molar-refractivity contribution in [1.82, 2.24) is 20.2 Å². The molecule has 0 saturated heterocycles. The lowest BCUT2D eigenvalue weighted by Gasteiger charge is -2.04. The quantitative estimate of drug-likeness (QED) is 0.404. The summed E-state index contributed by atoms with van der Waals surface area (Å²) in [6.07, 6.45) is 3.08. The number of pyridine rings is 1. The van der Waals surface area contributed by atoms with Gasteiger partial charge in [0, 0.05) is 29.1 Å². The highest BCUT2D eigenvalue weighted by atomic mass is 32.1. The van der Waals surface area contributed by atoms with Crippen LogP contribution in [-0.2, 0) is 12.8 Å². The Balaban J connectivity index is 1.51. The highest BCUT2D eigenvalue weighted by Gasteiger charge is 2.14. The van der Waals surface area contributed by atoms with E-state index in [2.05, 4.69) is 15.2 Å². The van der Waals surface area contributed by atoms with Gasteiger partial charge in [0.2, 0.25) is 5.91 Å². The molecule has 0 saturated carbocycles. The van der Waals surface area contributed by atoms with Gasteiger partial charge in [-0.3, -0.25) is 9.89 Å². The molecular weight excluding hydrogens is 396 g/mol. The first-order valence-electron chi connectivity index (χ1n) is 9.46. The van der Waals surface area contributed by atoms with Crippen LogP contribution < -0.4 is 11.5 Å². The summed E-state index contributed by atoms with van der Waals surface area (Å²) < 4.78 is 1.02. The molecule has 30 heavy (non-hydrogen) atoms. The number of H-pyrrole nitrogens is 1. The Morgan fingerprint density at radius 2 is 1.93 bits per heavy atom. The van der Waals surface area contributed by atoms with E-state index in [1.165, 1.54) is 0 Å². The molecule has 1 amide bonds. The molecule has 0 radical (unpaired) electrons. The molecule has 148 valence electrons. The van der Waals surface area contributed by atoms with Crippen molar-refractivity contribution in [2.75, 3.05) is 5.73 Å². The van der Waals surface area contributed by atoms with Crippen LogP contribution in [0.2, 0.25) is 0 Å². The topological polar surface area (TPSA) is 124 Å². The number of benzene rings is 2. The summed E-state index contributed by atoms with van der Waals surface area (Å²) in [6.45, 7) is 0. The molecule has 2 aromatic carbocycles. The van der Waals surface area contributed by atoms with Gasteiger partial charge in [-0.05, 0) is 30.2 Å². The summed E-state index contributed by atoms with van der Waals surface area (Å²) >= 11 is 1.61. The molecule has 0 fully saturated rings. The van der Waals surface area contributed by atoms with Crippen LogP contribution in [-0.4, -0.2) is 26.1 Å². The molecule has 7 nitrogen and oxygen atoms in total. The second-order valence-corrected chi connectivity index (χ2v) is 8.09. The van der Waals surface area contributed by atoms with Crippen LogP contribution in [0.25, 0.3) is 32.4 Å². The zero-order chi connectivity index (χ0) is 20.7. The van der Waals surface area contributed by atoms with Crippen LogP contribution in [0.5, 0.6) is 0 Å². The van der Waals surface area contributed by atoms with Crippen molar-refractivity contribution in [1.29, 1.82) is 0 Å². The zero-order valence-electron chi connectivity index (χ0n) is 15.9. The van der Waals surface area contributed by atoms with E-state index in [-0.39, 0.29) is 0 Å². The minimum atomic E-state index is -0.414. The maximum Gasteiger partial charge on any atom is 0.248 e. The van der Waals surface area contributed by atoms with Crippen molar-refractivity contribution >= 4 is 44.2 Å². The minimum absolute atomic E-state index is 0.414. The number of nitrogens with one attached hydrogen (secondary N) is 1. The third kappa shape index (κ3) is 3.17. The Labute approximate surface area is 175 Å². The van der Waals surface area contributed by atoms with Crippen LogP contribution in [0.15, 0.2) is 54.7 Å². The van der Waals surface area contributed by atoms with E-state index in [1.54, 1.807) is 23.6 Å². The van der Waals surface area contributed by atoms with Gasteiger partial charge in [-0.15, -0.1) is 11.3 Å². The first kappa shape index (κ1) is 18.3. The summed E-state index contributed by atoms with van der Waals surface area (Å²) in [5, 5.41) is 8.94. The number of hydrogen-bond donors (Lipinski definition) is 3. The Morgan fingerprint density at radius 1 is 1.07 bits per heavy atom. The van der Waals surface area contributed by atoms with E-state index in [1.807, 2.05) is 42.5 Å². The van der Waals surface area contributed by atoms with Crippen LogP contribution in [0.1, 0.15) is 20.9 Å². The molecule has 5 N–H and O–H groups in total. The number of thiazole rings is 1. The number of hydrogen-bond acceptors (Lipinski definition) is 6. The van der Waals surface area contributed by atoms with Crippen molar-refractivity contribution in [3.8, 4) is 11.3 Å². The number of fused-ring (bicyclic) bond motifs is 3. The summed E-state index contributed by atoms with van der Waals surface area (Å²) in [4.78, 5) is 20.9. The number of carbonyl (C=O) groups is 1. The maximum absolute atomic E-state index is 11.7. The molecule has 0 aliphatic heterocycles. The molecule has 0 atom stereocenters. The summed E-state index contributed by atoms with van der Waals surface area (Å²) in [5.41, 5.74) is 16.7. The highest BCUT2D eigenvalue weighted by molar-refractivity contribution is 7.19. The van der Waals surface area contributed by atoms with Gasteiger partial charge in [-0.1, -0.05) is 30.3 Å². The lowest BCUT2D eigenvalue weighted by molar-refractivity contribution is 0.0999. The number of aryl methyl sites for hydroxylation is 2. The molecule has 0 bridgehead atoms. The SMILES string of the molecule is NC(=O)c1ccccc1CCc1nc2c(N)nc3cc(-c4ccn[nH]4)ccc3c2s1. The van der Waals surface area contributed by atoms with E-state index >= 15 is 0 Å². The number of aromatic nitrogens is 4. The van der Waals surface area contributed by atoms with Gasteiger partial charge in [0.25, 0.3) is 0 Å². The van der Waals surface area contributed by atoms with E-state index in [9.17, 15) is 4.79 Å². The van der Waals surface area contributed by atoms with E-state index < -0.39 is 5.91 Å². The fourth-order valence-corrected chi connectivity index (χ4v) is 4.74. The van der Waals surface area contributed by atoms with Crippen molar-refractivity contribution in [3.63, 3.8) is 0 Å². The van der Waals surface area contributed by atoms with Gasteiger partial charge in [0.1, 0.15) is 5.52 Å². The largest absolute Gasteiger partial charge is 0.382 e. The fraction of sp³-hybridized carbons (Fsp3) is 0.0909. The van der Waals surface area contributed by atoms with E-state index in [0.29, 0.717) is 24.2 Å². The number of anilines is 1. The van der Waals surface area contributed by atoms with Crippen molar-refractivity contribution in [2.45, 2.75) is 12.8 Å². The van der Waals surface area contributed by atoms with Crippen molar-refractivity contribution in [2.24, 2.45) is 5.73 Å². The third-order valence-corrected chi connectivity index (χ3v) is 6.25. The normalized spacial score (nSPS) is 11.3. The zero-order valence-corrected chi connectivity index (χ0v) is 16.7. The molecule has 0 unspecified atom stereocenters. The lowest BCUT2D eigenvalue weighted by atomic mass is 10.0. The molecule has 5 aromatic rings. The third-order valence-electron chi connectivity index (χ3n) is 5.10. The van der Waals surface area contributed by atoms with Crippen molar-refractivity contribution < 1.29 is 4.79 Å². The summed E-state index contributed by atoms with van der Waals surface area (Å²) in [5.74, 6) is 0.00158. The Hall–Kier alpha value is -3.78. The van der Waals surface area contributed by atoms with E-state index in [0.717, 1.165) is 42.9 Å². The number of carbonyl (C=O) groups excluding carboxylic acids is 1. The van der Waals surface area contributed by atoms with Crippen LogP contribution in [0.4, 0.5) is 5.82 Å². The van der Waals surface area contributed by atoms with Gasteiger partial charge in [0.05, 0.1) is 20.9 Å². The average molecular weight is 414 g/mol. The number of nitrogens with zero attached hydrogens (tertiary/aromatic N) is 3. The number of nitrogens with two attached hydrogens (primary N) is 2. The molecule has 5 rings (SSSR count). The molecular formula is C22H18N6OS. The maximum atomic E-state index is 11.7. The minimum Gasteiger partial charge on any atom is -0.382 e. The first-order chi connectivity index (χ1) is 14.6. The van der Waals surface area contributed by atoms with Crippen LogP contribution >= 0.6 is 11.3 Å². The second-order valence-electron chi connectivity index (χ2n) is 7.01. The molecule has 0 aliphatic carbocycles. The molecule has 0 spiro atoms. The molecule has 0 aliphatic rings. The molecule has 8 heteroatoms. The summed E-state index contributed by atoms with van der Waals surface area (Å²) in [6, 6.07) is 15.4. The number of primary amides is 1. The standard InChI is InChI=1S/C22H18N6OS/c23-21-19-20(15-7-5-13(11-17(15)26-21)16-9-10-25-28-16)30-18(27-19)8-6-12-3-1-2-4-14(12)22(24)29/h1-5,7,9-11H,6,8H2,(H2,23,26)(H2,24,29)(H,25,28). The predicted octanol–water partition coefficient (Wildman–Crippen LogP) is 3.70. The number of aromatic amines is 1. The Bertz CT molecular complexity index is 1390. The number of rotatable bonds is 5. The molecule has 3 aromatic heterocycles. The van der Waals surface area contributed by atoms with Gasteiger partial charge in [0.15, 0.2) is 5.82 Å². The lowest BCUT2D eigenvalue weighted by Crippen LogP contribution is -2.13. The monoisotopic (exact) mass is 414 g/mol. The Kier molecular flexibility index (Phi) is 4.40. The number of amides is 1. The number of nitrogen functional groups attached to an aromatic ring is 1. The van der Waals surface area contributed by atoms with Crippen LogP contribution in [0.3, 0.4) is 0 Å². The van der Waals surface area contributed by atoms with Crippen LogP contribution in [0, 0.1) is 0 Å². The van der Waals surface area contributed by atoms with Gasteiger partial charge in [-0.2, -0.15) is 5.10 Å². The summed E-state index contributed by atoms with van der Waals surface area (Å²) in [7, 11) is 0. The highest BCUT2D eigenvalue weighted by Crippen LogP contribution is 2.34. The van der Waals surface area contributed by atoms with Gasteiger partial charge >= 0.3 is 0 Å². The second kappa shape index (κ2) is 7.23. The predicted molar refractivity (Wildman–Crippen MR) is 119 cm³/mol. The van der Waals surface area contributed by atoms with Crippen molar-refractivity contribution in [3.05, 3.63) is 70.9 Å². The smallest absolute Gasteiger partial charge is 0.248 e. The van der Waals surface area contributed by atoms with Gasteiger partial charge in [-0.25, -0.2) is 9.97 Å². The average Bonchev–Trinajstić information content (AvgIpc) is 3.43. The first-order valence-corrected chi connectivity index (χ1v) is 10.3. The Morgan fingerprint density at radius 3 is 2.73 bits per heavy atom. The fourth-order valence-electron chi connectivity index (χ4n) is 3.63. The van der Waals surface area contributed by atoms with Gasteiger partial charge < -0.3 is 11.5 Å². The molecule has 3 heterocycles. The van der Waals surface area contributed by atoms with E-state index in [4.69, 9.17) is 16.5 Å².